The van der Waals surface area contributed by atoms with E-state index in [4.69, 9.17) is 19.9 Å². The average molecular weight is 757 g/mol. The lowest BCUT2D eigenvalue weighted by atomic mass is 9.65. The molecule has 10 aromatic rings. The lowest BCUT2D eigenvalue weighted by Crippen LogP contribution is -2.30. The number of aromatic nitrogens is 4. The first-order chi connectivity index (χ1) is 28.7. The Labute approximate surface area is 339 Å². The molecule has 0 saturated heterocycles. The van der Waals surface area contributed by atoms with Crippen LogP contribution in [0.15, 0.2) is 182 Å². The molecule has 58 heavy (non-hydrogen) atoms. The molecule has 3 heterocycles. The molecule has 0 bridgehead atoms. The first-order valence-electron chi connectivity index (χ1n) is 19.5. The molecule has 12 rings (SSSR count). The van der Waals surface area contributed by atoms with Gasteiger partial charge in [0.25, 0.3) is 0 Å². The highest BCUT2D eigenvalue weighted by Crippen LogP contribution is 2.61. The van der Waals surface area contributed by atoms with E-state index in [1.165, 1.54) is 64.7 Å². The largest absolute Gasteiger partial charge is 0.236 e. The molecule has 0 saturated carbocycles. The molecule has 3 aromatic heterocycles. The minimum absolute atomic E-state index is 0.578. The third kappa shape index (κ3) is 4.87. The third-order valence-corrected chi connectivity index (χ3v) is 13.0. The summed E-state index contributed by atoms with van der Waals surface area (Å²) in [4.78, 5) is 19.9. The van der Waals surface area contributed by atoms with Crippen LogP contribution in [0.3, 0.4) is 0 Å². The van der Waals surface area contributed by atoms with E-state index >= 15 is 0 Å². The molecule has 270 valence electrons. The molecular formula is C53H32N4S. The van der Waals surface area contributed by atoms with Crippen LogP contribution in [0.5, 0.6) is 0 Å². The topological polar surface area (TPSA) is 51.6 Å². The van der Waals surface area contributed by atoms with Crippen LogP contribution in [0.2, 0.25) is 0 Å². The number of benzene rings is 7. The molecular weight excluding hydrogens is 725 g/mol. The zero-order chi connectivity index (χ0) is 38.2. The predicted molar refractivity (Wildman–Crippen MR) is 238 cm³/mol. The second kappa shape index (κ2) is 12.8. The van der Waals surface area contributed by atoms with Gasteiger partial charge >= 0.3 is 0 Å². The number of rotatable bonds is 4. The molecule has 1 atom stereocenters. The summed E-state index contributed by atoms with van der Waals surface area (Å²) < 4.78 is 2.62. The fourth-order valence-corrected chi connectivity index (χ4v) is 10.4. The van der Waals surface area contributed by atoms with Gasteiger partial charge in [-0.2, -0.15) is 0 Å². The van der Waals surface area contributed by atoms with Crippen LogP contribution < -0.4 is 0 Å². The van der Waals surface area contributed by atoms with E-state index in [2.05, 4.69) is 133 Å². The van der Waals surface area contributed by atoms with E-state index in [9.17, 15) is 0 Å². The second-order valence-electron chi connectivity index (χ2n) is 15.0. The number of hydrogen-bond acceptors (Lipinski definition) is 5. The molecule has 0 radical (unpaired) electrons. The van der Waals surface area contributed by atoms with Crippen LogP contribution in [0, 0.1) is 0 Å². The molecule has 0 amide bonds. The summed E-state index contributed by atoms with van der Waals surface area (Å²) >= 11 is 1.88. The highest BCUT2D eigenvalue weighted by molar-refractivity contribution is 7.26. The van der Waals surface area contributed by atoms with E-state index in [-0.39, 0.29) is 0 Å². The average Bonchev–Trinajstić information content (AvgIpc) is 3.77. The van der Waals surface area contributed by atoms with Crippen molar-refractivity contribution in [3.63, 3.8) is 0 Å². The minimum Gasteiger partial charge on any atom is -0.236 e. The van der Waals surface area contributed by atoms with Crippen molar-refractivity contribution in [1.29, 1.82) is 0 Å². The fourth-order valence-electron chi connectivity index (χ4n) is 9.32. The predicted octanol–water partition coefficient (Wildman–Crippen LogP) is 13.1. The Hall–Kier alpha value is -7.34. The molecule has 4 nitrogen and oxygen atoms in total. The Bertz CT molecular complexity index is 3280. The van der Waals surface area contributed by atoms with Crippen molar-refractivity contribution in [2.24, 2.45) is 0 Å². The Morgan fingerprint density at radius 1 is 0.414 bits per heavy atom. The molecule has 2 aliphatic carbocycles. The van der Waals surface area contributed by atoms with Crippen molar-refractivity contribution in [1.82, 2.24) is 19.9 Å². The molecule has 7 aromatic carbocycles. The van der Waals surface area contributed by atoms with Crippen molar-refractivity contribution in [3.8, 4) is 56.4 Å². The van der Waals surface area contributed by atoms with Crippen LogP contribution in [0.1, 0.15) is 33.4 Å². The van der Waals surface area contributed by atoms with Gasteiger partial charge in [-0.05, 0) is 68.8 Å². The Kier molecular flexibility index (Phi) is 7.28. The number of thiophene rings is 1. The summed E-state index contributed by atoms with van der Waals surface area (Å²) in [5.74, 6) is 1.24. The number of fused-ring (bicyclic) bond motifs is 13. The van der Waals surface area contributed by atoms with Gasteiger partial charge in [-0.25, -0.2) is 19.9 Å². The molecule has 0 N–H and O–H groups in total. The second-order valence-corrected chi connectivity index (χ2v) is 16.1. The highest BCUT2D eigenvalue weighted by Gasteiger charge is 2.49. The van der Waals surface area contributed by atoms with Crippen molar-refractivity contribution < 1.29 is 0 Å². The van der Waals surface area contributed by atoms with Gasteiger partial charge in [-0.3, -0.25) is 0 Å². The van der Waals surface area contributed by atoms with Gasteiger partial charge in [0.2, 0.25) is 0 Å². The van der Waals surface area contributed by atoms with Gasteiger partial charge in [0.05, 0.1) is 22.4 Å². The number of hydrogen-bond donors (Lipinski definition) is 0. The standard InChI is InChI=1S/C53H32N4S/c1-3-14-35(15-4-1)45-30-46(57-52(56-45)38-31-54-51(55-32-38)36-16-5-2-6-17-36)37-26-25-34-24-23-33-13-7-10-20-41(33)53(44(34)29-37)42-21-11-8-18-39(42)49-43(53)27-28-48-50(49)40-19-9-12-22-47(40)58-48/h1-32H. The Balaban J connectivity index is 1.12. The van der Waals surface area contributed by atoms with Crippen molar-refractivity contribution in [2.45, 2.75) is 5.41 Å². The Morgan fingerprint density at radius 3 is 1.88 bits per heavy atom. The monoisotopic (exact) mass is 756 g/mol. The van der Waals surface area contributed by atoms with Crippen molar-refractivity contribution in [2.75, 3.05) is 0 Å². The normalized spacial score (nSPS) is 14.9. The van der Waals surface area contributed by atoms with Gasteiger partial charge in [0.1, 0.15) is 0 Å². The highest BCUT2D eigenvalue weighted by atomic mass is 32.1. The summed E-state index contributed by atoms with van der Waals surface area (Å²) in [7, 11) is 0. The quantitative estimate of drug-likeness (QED) is 0.179. The van der Waals surface area contributed by atoms with Crippen LogP contribution in [-0.4, -0.2) is 19.9 Å². The molecule has 1 spiro atoms. The van der Waals surface area contributed by atoms with E-state index in [0.717, 1.165) is 33.6 Å². The summed E-state index contributed by atoms with van der Waals surface area (Å²) in [5, 5.41) is 2.64. The van der Waals surface area contributed by atoms with Crippen molar-refractivity contribution in [3.05, 3.63) is 216 Å². The molecule has 2 aliphatic rings. The van der Waals surface area contributed by atoms with Gasteiger partial charge in [0.15, 0.2) is 11.6 Å². The Morgan fingerprint density at radius 2 is 1.07 bits per heavy atom. The molecule has 1 unspecified atom stereocenters. The zero-order valence-corrected chi connectivity index (χ0v) is 32.0. The van der Waals surface area contributed by atoms with Gasteiger partial charge in [0, 0.05) is 49.3 Å². The van der Waals surface area contributed by atoms with E-state index in [1.54, 1.807) is 0 Å². The fraction of sp³-hybridized carbons (Fsp3) is 0.0189. The zero-order valence-electron chi connectivity index (χ0n) is 31.2. The third-order valence-electron chi connectivity index (χ3n) is 11.8. The van der Waals surface area contributed by atoms with Crippen molar-refractivity contribution >= 4 is 43.7 Å². The van der Waals surface area contributed by atoms with E-state index < -0.39 is 5.41 Å². The summed E-state index contributed by atoms with van der Waals surface area (Å²) in [5.41, 5.74) is 15.0. The van der Waals surface area contributed by atoms with Crippen LogP contribution in [-0.2, 0) is 5.41 Å². The maximum Gasteiger partial charge on any atom is 0.163 e. The van der Waals surface area contributed by atoms with E-state index in [0.29, 0.717) is 11.6 Å². The summed E-state index contributed by atoms with van der Waals surface area (Å²) in [6.07, 6.45) is 8.24. The summed E-state index contributed by atoms with van der Waals surface area (Å²) in [6.45, 7) is 0. The molecule has 5 heteroatoms. The maximum absolute atomic E-state index is 5.28. The summed E-state index contributed by atoms with van der Waals surface area (Å²) in [6, 6.07) is 60.9. The first-order valence-corrected chi connectivity index (χ1v) is 20.4. The van der Waals surface area contributed by atoms with Gasteiger partial charge in [-0.15, -0.1) is 11.3 Å². The SMILES string of the molecule is C1=Cc2ccc(-c3cc(-c4ccccc4)nc(-c4cnc(-c5ccccc5)nc4)n3)cc2C2(c3ccccc31)c1ccccc1-c1c2ccc2sc3ccccc3c12. The van der Waals surface area contributed by atoms with Crippen LogP contribution >= 0.6 is 11.3 Å². The lowest BCUT2D eigenvalue weighted by Gasteiger charge is -2.35. The van der Waals surface area contributed by atoms with Crippen LogP contribution in [0.4, 0.5) is 0 Å². The maximum atomic E-state index is 5.28. The van der Waals surface area contributed by atoms with Crippen LogP contribution in [0.25, 0.3) is 88.7 Å². The smallest absolute Gasteiger partial charge is 0.163 e. The first kappa shape index (κ1) is 32.9. The number of nitrogens with zero attached hydrogens (tertiary/aromatic N) is 4. The van der Waals surface area contributed by atoms with E-state index in [1.807, 2.05) is 72.3 Å². The van der Waals surface area contributed by atoms with Gasteiger partial charge in [-0.1, -0.05) is 158 Å². The minimum atomic E-state index is -0.589. The van der Waals surface area contributed by atoms with Gasteiger partial charge < -0.3 is 0 Å². The lowest BCUT2D eigenvalue weighted by molar-refractivity contribution is 0.767. The molecule has 0 aliphatic heterocycles. The molecule has 0 fully saturated rings.